The lowest BCUT2D eigenvalue weighted by atomic mass is 9.87. The van der Waals surface area contributed by atoms with Crippen molar-refractivity contribution in [2.24, 2.45) is 7.05 Å². The van der Waals surface area contributed by atoms with Crippen molar-refractivity contribution < 1.29 is 9.53 Å². The van der Waals surface area contributed by atoms with Gasteiger partial charge in [0.25, 0.3) is 5.56 Å². The van der Waals surface area contributed by atoms with Crippen LogP contribution in [0.4, 0.5) is 5.82 Å². The van der Waals surface area contributed by atoms with Gasteiger partial charge >= 0.3 is 0 Å². The maximum absolute atomic E-state index is 13.1. The standard InChI is InChI=1S/C24H24ClN3O3S/c1-3-11-31-18-9-7-16(8-10-18)19-13-20(29)26-22-21(19)23(30)27-24(28(22)2)32-14-15-5-4-6-17(25)12-15/h4-10,12,19H,3,11,13-14H2,1-2H3,(H,26,29)/t19-/m0/s1. The zero-order chi connectivity index (χ0) is 22.7. The molecular weight excluding hydrogens is 446 g/mol. The van der Waals surface area contributed by atoms with E-state index in [4.69, 9.17) is 16.3 Å². The number of halogens is 1. The Labute approximate surface area is 196 Å². The summed E-state index contributed by atoms with van der Waals surface area (Å²) in [5.74, 6) is 1.41. The highest BCUT2D eigenvalue weighted by atomic mass is 35.5. The normalized spacial score (nSPS) is 15.2. The van der Waals surface area contributed by atoms with Crippen LogP contribution >= 0.6 is 23.4 Å². The number of nitrogens with zero attached hydrogens (tertiary/aromatic N) is 2. The number of hydrogen-bond donors (Lipinski definition) is 1. The van der Waals surface area contributed by atoms with Crippen molar-refractivity contribution in [3.8, 4) is 5.75 Å². The molecule has 1 aromatic heterocycles. The molecule has 0 unspecified atom stereocenters. The predicted octanol–water partition coefficient (Wildman–Crippen LogP) is 4.99. The summed E-state index contributed by atoms with van der Waals surface area (Å²) >= 11 is 7.50. The van der Waals surface area contributed by atoms with E-state index in [1.165, 1.54) is 11.8 Å². The molecular formula is C24H24ClN3O3S. The molecule has 1 amide bonds. The molecule has 0 saturated heterocycles. The van der Waals surface area contributed by atoms with E-state index in [1.54, 1.807) is 4.57 Å². The van der Waals surface area contributed by atoms with Gasteiger partial charge < -0.3 is 14.6 Å². The minimum Gasteiger partial charge on any atom is -0.494 e. The number of fused-ring (bicyclic) bond motifs is 1. The number of thioether (sulfide) groups is 1. The summed E-state index contributed by atoms with van der Waals surface area (Å²) in [7, 11) is 1.82. The van der Waals surface area contributed by atoms with Gasteiger partial charge in [0.05, 0.1) is 12.2 Å². The highest BCUT2D eigenvalue weighted by Crippen LogP contribution is 2.36. The van der Waals surface area contributed by atoms with E-state index in [1.807, 2.05) is 55.6 Å². The molecule has 1 atom stereocenters. The molecule has 166 valence electrons. The van der Waals surface area contributed by atoms with E-state index in [-0.39, 0.29) is 23.8 Å². The summed E-state index contributed by atoms with van der Waals surface area (Å²) in [6.45, 7) is 2.70. The minimum absolute atomic E-state index is 0.124. The summed E-state index contributed by atoms with van der Waals surface area (Å²) < 4.78 is 7.44. The molecule has 1 aliphatic heterocycles. The van der Waals surface area contributed by atoms with E-state index in [2.05, 4.69) is 17.2 Å². The van der Waals surface area contributed by atoms with Gasteiger partial charge in [-0.25, -0.2) is 0 Å². The number of carbonyl (C=O) groups excluding carboxylic acids is 1. The Morgan fingerprint density at radius 3 is 2.72 bits per heavy atom. The molecule has 2 aromatic carbocycles. The Balaban J connectivity index is 1.64. The van der Waals surface area contributed by atoms with Crippen molar-refractivity contribution in [3.63, 3.8) is 0 Å². The topological polar surface area (TPSA) is 73.2 Å². The van der Waals surface area contributed by atoms with Crippen LogP contribution in [0.1, 0.15) is 42.4 Å². The summed E-state index contributed by atoms with van der Waals surface area (Å²) in [5.41, 5.74) is 2.12. The van der Waals surface area contributed by atoms with Crippen molar-refractivity contribution >= 4 is 35.1 Å². The zero-order valence-corrected chi connectivity index (χ0v) is 19.5. The van der Waals surface area contributed by atoms with Gasteiger partial charge in [-0.15, -0.1) is 0 Å². The van der Waals surface area contributed by atoms with Crippen LogP contribution in [0.25, 0.3) is 0 Å². The number of amides is 1. The van der Waals surface area contributed by atoms with Crippen LogP contribution < -0.4 is 15.6 Å². The van der Waals surface area contributed by atoms with Gasteiger partial charge in [-0.2, -0.15) is 4.98 Å². The molecule has 1 N–H and O–H groups in total. The number of nitrogens with one attached hydrogen (secondary N) is 1. The van der Waals surface area contributed by atoms with Crippen LogP contribution in [0.2, 0.25) is 5.02 Å². The molecule has 1 aliphatic rings. The Bertz CT molecular complexity index is 1190. The van der Waals surface area contributed by atoms with Crippen molar-refractivity contribution in [3.05, 3.63) is 80.6 Å². The quantitative estimate of drug-likeness (QED) is 0.390. The molecule has 32 heavy (non-hydrogen) atoms. The fourth-order valence-corrected chi connectivity index (χ4v) is 4.86. The van der Waals surface area contributed by atoms with Crippen LogP contribution in [0, 0.1) is 0 Å². The van der Waals surface area contributed by atoms with E-state index in [0.717, 1.165) is 23.3 Å². The molecule has 3 aromatic rings. The molecule has 6 nitrogen and oxygen atoms in total. The van der Waals surface area contributed by atoms with E-state index in [9.17, 15) is 9.59 Å². The van der Waals surface area contributed by atoms with Crippen LogP contribution in [0.5, 0.6) is 5.75 Å². The number of aromatic nitrogens is 2. The maximum atomic E-state index is 13.1. The largest absolute Gasteiger partial charge is 0.494 e. The first-order valence-corrected chi connectivity index (χ1v) is 11.8. The lowest BCUT2D eigenvalue weighted by Gasteiger charge is -2.27. The molecule has 8 heteroatoms. The Kier molecular flexibility index (Phi) is 6.86. The summed E-state index contributed by atoms with van der Waals surface area (Å²) in [5, 5.41) is 4.08. The highest BCUT2D eigenvalue weighted by molar-refractivity contribution is 7.98. The Morgan fingerprint density at radius 1 is 1.22 bits per heavy atom. The number of ether oxygens (including phenoxy) is 1. The van der Waals surface area contributed by atoms with Crippen molar-refractivity contribution in [2.75, 3.05) is 11.9 Å². The fourth-order valence-electron chi connectivity index (χ4n) is 3.74. The first-order valence-electron chi connectivity index (χ1n) is 10.5. The fraction of sp³-hybridized carbons (Fsp3) is 0.292. The molecule has 0 fully saturated rings. The number of anilines is 1. The summed E-state index contributed by atoms with van der Waals surface area (Å²) in [6.07, 6.45) is 1.13. The number of rotatable bonds is 7. The van der Waals surface area contributed by atoms with Crippen molar-refractivity contribution in [2.45, 2.75) is 36.6 Å². The molecule has 0 spiro atoms. The Morgan fingerprint density at radius 2 is 2.00 bits per heavy atom. The molecule has 0 aliphatic carbocycles. The monoisotopic (exact) mass is 469 g/mol. The average molecular weight is 470 g/mol. The molecule has 2 heterocycles. The third kappa shape index (κ3) is 4.84. The number of carbonyl (C=O) groups is 1. The first-order chi connectivity index (χ1) is 15.5. The molecule has 0 saturated carbocycles. The highest BCUT2D eigenvalue weighted by Gasteiger charge is 2.32. The van der Waals surface area contributed by atoms with Crippen LogP contribution in [0.15, 0.2) is 58.5 Å². The summed E-state index contributed by atoms with van der Waals surface area (Å²) in [6, 6.07) is 15.2. The smallest absolute Gasteiger partial charge is 0.279 e. The Hall–Kier alpha value is -2.77. The van der Waals surface area contributed by atoms with Gasteiger partial charge in [-0.1, -0.05) is 54.6 Å². The van der Waals surface area contributed by atoms with E-state index in [0.29, 0.717) is 33.9 Å². The second-order valence-electron chi connectivity index (χ2n) is 7.66. The van der Waals surface area contributed by atoms with Gasteiger partial charge in [0.1, 0.15) is 11.6 Å². The average Bonchev–Trinajstić information content (AvgIpc) is 2.79. The number of hydrogen-bond acceptors (Lipinski definition) is 5. The van der Waals surface area contributed by atoms with Gasteiger partial charge in [0.15, 0.2) is 5.16 Å². The molecule has 4 rings (SSSR count). The van der Waals surface area contributed by atoms with Gasteiger partial charge in [0, 0.05) is 30.2 Å². The van der Waals surface area contributed by atoms with Crippen LogP contribution in [0.3, 0.4) is 0 Å². The van der Waals surface area contributed by atoms with Gasteiger partial charge in [-0.05, 0) is 41.8 Å². The van der Waals surface area contributed by atoms with E-state index < -0.39 is 0 Å². The third-order valence-electron chi connectivity index (χ3n) is 5.31. The molecule has 0 radical (unpaired) electrons. The molecule has 0 bridgehead atoms. The summed E-state index contributed by atoms with van der Waals surface area (Å²) in [4.78, 5) is 29.9. The predicted molar refractivity (Wildman–Crippen MR) is 128 cm³/mol. The minimum atomic E-state index is -0.350. The van der Waals surface area contributed by atoms with Crippen molar-refractivity contribution in [1.82, 2.24) is 9.55 Å². The first kappa shape index (κ1) is 22.4. The van der Waals surface area contributed by atoms with Gasteiger partial charge in [0.2, 0.25) is 5.91 Å². The zero-order valence-electron chi connectivity index (χ0n) is 17.9. The SMILES string of the molecule is CCCOc1ccc([C@@H]2CC(=O)Nc3c2c(=O)nc(SCc2cccc(Cl)c2)n3C)cc1. The van der Waals surface area contributed by atoms with E-state index >= 15 is 0 Å². The van der Waals surface area contributed by atoms with Crippen LogP contribution in [-0.4, -0.2) is 22.1 Å². The second kappa shape index (κ2) is 9.79. The third-order valence-corrected chi connectivity index (χ3v) is 6.65. The second-order valence-corrected chi connectivity index (χ2v) is 9.04. The maximum Gasteiger partial charge on any atom is 0.279 e. The lowest BCUT2D eigenvalue weighted by Crippen LogP contribution is -2.33. The van der Waals surface area contributed by atoms with Crippen LogP contribution in [-0.2, 0) is 17.6 Å². The number of benzene rings is 2. The van der Waals surface area contributed by atoms with Crippen molar-refractivity contribution in [1.29, 1.82) is 0 Å². The lowest BCUT2D eigenvalue weighted by molar-refractivity contribution is -0.116. The van der Waals surface area contributed by atoms with Gasteiger partial charge in [-0.3, -0.25) is 9.59 Å².